The largest absolute Gasteiger partial charge is 0.477 e. The molecule has 0 aliphatic heterocycles. The number of fused-ring (bicyclic) bond motifs is 1. The summed E-state index contributed by atoms with van der Waals surface area (Å²) >= 11 is 5.83. The summed E-state index contributed by atoms with van der Waals surface area (Å²) in [4.78, 5) is 52.3. The minimum atomic E-state index is -4.76. The lowest BCUT2D eigenvalue weighted by molar-refractivity contribution is -0.140. The molecular formula is C22H18ClF3N4O5. The van der Waals surface area contributed by atoms with E-state index in [1.807, 2.05) is 0 Å². The molecule has 2 aromatic carbocycles. The van der Waals surface area contributed by atoms with E-state index in [-0.39, 0.29) is 17.7 Å². The third-order valence-electron chi connectivity index (χ3n) is 5.19. The van der Waals surface area contributed by atoms with Gasteiger partial charge in [-0.05, 0) is 29.8 Å². The smallest absolute Gasteiger partial charge is 0.417 e. The van der Waals surface area contributed by atoms with E-state index in [9.17, 15) is 37.5 Å². The molecule has 2 amide bonds. The third-order valence-corrected chi connectivity index (χ3v) is 5.64. The summed E-state index contributed by atoms with van der Waals surface area (Å²) in [5, 5.41) is 8.88. The molecule has 0 radical (unpaired) electrons. The van der Waals surface area contributed by atoms with E-state index in [1.54, 1.807) is 25.2 Å². The van der Waals surface area contributed by atoms with E-state index in [0.29, 0.717) is 21.6 Å². The molecule has 0 saturated carbocycles. The number of aromatic amines is 1. The van der Waals surface area contributed by atoms with Gasteiger partial charge in [-0.3, -0.25) is 19.1 Å². The van der Waals surface area contributed by atoms with E-state index in [1.165, 1.54) is 22.6 Å². The van der Waals surface area contributed by atoms with Crippen LogP contribution in [0.4, 0.5) is 18.9 Å². The molecule has 1 heterocycles. The Morgan fingerprint density at radius 1 is 1.23 bits per heavy atom. The maximum atomic E-state index is 13.1. The van der Waals surface area contributed by atoms with Crippen molar-refractivity contribution in [3.8, 4) is 0 Å². The van der Waals surface area contributed by atoms with Crippen molar-refractivity contribution in [3.63, 3.8) is 0 Å². The fourth-order valence-corrected chi connectivity index (χ4v) is 3.62. The summed E-state index contributed by atoms with van der Waals surface area (Å²) in [5.41, 5.74) is -1.07. The SMILES string of the molecule is CN(/C=C(/C(=O)O)C(=O)N(C=O)Cc1cccc(C(F)(F)F)c1Cl)c1ccc2c(c1)[nH]c(=O)n2C. The molecule has 0 atom stereocenters. The van der Waals surface area contributed by atoms with Crippen molar-refractivity contribution >= 4 is 46.6 Å². The normalized spacial score (nSPS) is 12.0. The molecule has 2 N–H and O–H groups in total. The zero-order chi connectivity index (χ0) is 26.1. The van der Waals surface area contributed by atoms with Gasteiger partial charge >= 0.3 is 17.8 Å². The van der Waals surface area contributed by atoms with Crippen LogP contribution in [0.25, 0.3) is 11.0 Å². The molecule has 9 nitrogen and oxygen atoms in total. The number of imidazole rings is 1. The number of benzene rings is 2. The number of imide groups is 1. The number of aliphatic carboxylic acids is 1. The van der Waals surface area contributed by atoms with Gasteiger partial charge in [0.15, 0.2) is 0 Å². The summed E-state index contributed by atoms with van der Waals surface area (Å²) in [6.45, 7) is -0.684. The Labute approximate surface area is 200 Å². The molecule has 0 spiro atoms. The van der Waals surface area contributed by atoms with Gasteiger partial charge in [0, 0.05) is 26.0 Å². The zero-order valence-electron chi connectivity index (χ0n) is 18.3. The van der Waals surface area contributed by atoms with Crippen LogP contribution in [0, 0.1) is 0 Å². The van der Waals surface area contributed by atoms with Gasteiger partial charge in [0.1, 0.15) is 5.57 Å². The Morgan fingerprint density at radius 2 is 1.91 bits per heavy atom. The molecule has 0 saturated heterocycles. The molecular weight excluding hydrogens is 493 g/mol. The Balaban J connectivity index is 1.93. The number of hydrogen-bond donors (Lipinski definition) is 2. The number of carbonyl (C=O) groups excluding carboxylic acids is 2. The van der Waals surface area contributed by atoms with Crippen LogP contribution < -0.4 is 10.6 Å². The molecule has 13 heteroatoms. The van der Waals surface area contributed by atoms with Crippen molar-refractivity contribution in [1.29, 1.82) is 0 Å². The lowest BCUT2D eigenvalue weighted by atomic mass is 10.1. The van der Waals surface area contributed by atoms with E-state index in [4.69, 9.17) is 11.6 Å². The summed E-state index contributed by atoms with van der Waals surface area (Å²) in [5.74, 6) is -2.93. The number of alkyl halides is 3. The number of carbonyl (C=O) groups is 3. The molecule has 35 heavy (non-hydrogen) atoms. The first-order chi connectivity index (χ1) is 16.3. The van der Waals surface area contributed by atoms with Gasteiger partial charge in [-0.1, -0.05) is 23.7 Å². The second kappa shape index (κ2) is 9.66. The van der Waals surface area contributed by atoms with Crippen molar-refractivity contribution < 1.29 is 32.7 Å². The molecule has 0 aliphatic carbocycles. The second-order valence-corrected chi connectivity index (χ2v) is 7.84. The lowest BCUT2D eigenvalue weighted by Gasteiger charge is -2.20. The van der Waals surface area contributed by atoms with Gasteiger partial charge in [-0.25, -0.2) is 9.59 Å². The number of hydrogen-bond acceptors (Lipinski definition) is 5. The highest BCUT2D eigenvalue weighted by atomic mass is 35.5. The number of anilines is 1. The van der Waals surface area contributed by atoms with E-state index in [2.05, 4.69) is 4.98 Å². The quantitative estimate of drug-likeness (QED) is 0.218. The highest BCUT2D eigenvalue weighted by molar-refractivity contribution is 6.32. The standard InChI is InChI=1S/C22H18ClF3N4O5/c1-28(13-6-7-17-16(8-13)27-21(35)29(17)2)10-14(20(33)34)19(32)30(11-31)9-12-4-3-5-15(18(12)23)22(24,25)26/h3-8,10-11H,9H2,1-2H3,(H,27,35)(H,33,34)/b14-10+. The van der Waals surface area contributed by atoms with E-state index in [0.717, 1.165) is 18.3 Å². The first-order valence-corrected chi connectivity index (χ1v) is 10.2. The Hall–Kier alpha value is -4.06. The van der Waals surface area contributed by atoms with Crippen LogP contribution in [0.3, 0.4) is 0 Å². The number of amides is 2. The van der Waals surface area contributed by atoms with Crippen LogP contribution >= 0.6 is 11.6 Å². The minimum absolute atomic E-state index is 0.0104. The molecule has 0 bridgehead atoms. The first kappa shape index (κ1) is 25.6. The van der Waals surface area contributed by atoms with Gasteiger partial charge in [0.2, 0.25) is 6.41 Å². The zero-order valence-corrected chi connectivity index (χ0v) is 19.0. The monoisotopic (exact) mass is 510 g/mol. The van der Waals surface area contributed by atoms with Crippen molar-refractivity contribution in [2.45, 2.75) is 12.7 Å². The highest BCUT2D eigenvalue weighted by Crippen LogP contribution is 2.36. The fourth-order valence-electron chi connectivity index (χ4n) is 3.33. The number of halogens is 4. The maximum Gasteiger partial charge on any atom is 0.417 e. The summed E-state index contributed by atoms with van der Waals surface area (Å²) in [7, 11) is 3.00. The Bertz CT molecular complexity index is 1410. The average molecular weight is 511 g/mol. The second-order valence-electron chi connectivity index (χ2n) is 7.46. The van der Waals surface area contributed by atoms with Crippen LogP contribution in [0.15, 0.2) is 53.0 Å². The number of carboxylic acids is 1. The van der Waals surface area contributed by atoms with E-state index >= 15 is 0 Å². The van der Waals surface area contributed by atoms with Gasteiger partial charge in [-0.2, -0.15) is 13.2 Å². The maximum absolute atomic E-state index is 13.1. The van der Waals surface area contributed by atoms with Crippen LogP contribution in [0.5, 0.6) is 0 Å². The van der Waals surface area contributed by atoms with Crippen molar-refractivity contribution in [2.75, 3.05) is 11.9 Å². The lowest BCUT2D eigenvalue weighted by Crippen LogP contribution is -2.34. The Kier molecular flexibility index (Phi) is 7.06. The topological polar surface area (TPSA) is 116 Å². The molecule has 0 aliphatic rings. The fraction of sp³-hybridized carbons (Fsp3) is 0.182. The number of nitrogens with one attached hydrogen (secondary N) is 1. The van der Waals surface area contributed by atoms with E-state index < -0.39 is 40.8 Å². The van der Waals surface area contributed by atoms with Gasteiger partial charge in [0.25, 0.3) is 5.91 Å². The summed E-state index contributed by atoms with van der Waals surface area (Å²) in [6.07, 6.45) is -3.80. The number of rotatable bonds is 7. The van der Waals surface area contributed by atoms with Gasteiger partial charge in [0.05, 0.1) is 28.2 Å². The van der Waals surface area contributed by atoms with Crippen LogP contribution in [-0.2, 0) is 34.2 Å². The van der Waals surface area contributed by atoms with Crippen molar-refractivity contribution in [3.05, 3.63) is 74.8 Å². The molecule has 0 unspecified atom stereocenters. The number of aromatic nitrogens is 2. The van der Waals surface area contributed by atoms with Crippen molar-refractivity contribution in [1.82, 2.24) is 14.5 Å². The number of aryl methyl sites for hydroxylation is 1. The van der Waals surface area contributed by atoms with Crippen LogP contribution in [0.2, 0.25) is 5.02 Å². The average Bonchev–Trinajstić information content (AvgIpc) is 3.07. The van der Waals surface area contributed by atoms with Gasteiger partial charge in [-0.15, -0.1) is 0 Å². The van der Waals surface area contributed by atoms with Crippen molar-refractivity contribution in [2.24, 2.45) is 7.05 Å². The molecule has 184 valence electrons. The number of H-pyrrole nitrogens is 1. The third kappa shape index (κ3) is 5.22. The highest BCUT2D eigenvalue weighted by Gasteiger charge is 2.34. The first-order valence-electron chi connectivity index (χ1n) is 9.82. The van der Waals surface area contributed by atoms with Crippen LogP contribution in [-0.4, -0.2) is 44.9 Å². The summed E-state index contributed by atoms with van der Waals surface area (Å²) < 4.78 is 40.7. The van der Waals surface area contributed by atoms with Crippen LogP contribution in [0.1, 0.15) is 11.1 Å². The predicted octanol–water partition coefficient (Wildman–Crippen LogP) is 3.13. The Morgan fingerprint density at radius 3 is 2.51 bits per heavy atom. The molecule has 3 aromatic rings. The number of carboxylic acid groups (broad SMARTS) is 1. The minimum Gasteiger partial charge on any atom is -0.477 e. The molecule has 0 fully saturated rings. The van der Waals surface area contributed by atoms with Gasteiger partial charge < -0.3 is 15.0 Å². The summed E-state index contributed by atoms with van der Waals surface area (Å²) in [6, 6.07) is 7.74. The molecule has 1 aromatic heterocycles. The predicted molar refractivity (Wildman–Crippen MR) is 121 cm³/mol. The molecule has 3 rings (SSSR count). The number of nitrogens with zero attached hydrogens (tertiary/aromatic N) is 3.